The SMILES string of the molecule is O=C1CC[C@@H](NC(=O)c2ccccc2-n2ccnn2)[C@H](C2CC2)N1. The second kappa shape index (κ2) is 6.07. The van der Waals surface area contributed by atoms with Gasteiger partial charge in [-0.15, -0.1) is 5.10 Å². The molecule has 1 aliphatic carbocycles. The second-order valence-corrected chi connectivity index (χ2v) is 6.41. The Morgan fingerprint density at radius 3 is 2.83 bits per heavy atom. The van der Waals surface area contributed by atoms with Gasteiger partial charge >= 0.3 is 0 Å². The maximum atomic E-state index is 12.8. The summed E-state index contributed by atoms with van der Waals surface area (Å²) in [6.07, 6.45) is 6.66. The van der Waals surface area contributed by atoms with Crippen molar-refractivity contribution < 1.29 is 9.59 Å². The zero-order valence-corrected chi connectivity index (χ0v) is 13.2. The monoisotopic (exact) mass is 325 g/mol. The Morgan fingerprint density at radius 1 is 1.25 bits per heavy atom. The van der Waals surface area contributed by atoms with E-state index in [9.17, 15) is 9.59 Å². The van der Waals surface area contributed by atoms with Crippen LogP contribution < -0.4 is 10.6 Å². The van der Waals surface area contributed by atoms with Crippen molar-refractivity contribution in [3.05, 3.63) is 42.2 Å². The number of aromatic nitrogens is 3. The van der Waals surface area contributed by atoms with Crippen LogP contribution in [0.4, 0.5) is 0 Å². The molecule has 0 unspecified atom stereocenters. The molecule has 24 heavy (non-hydrogen) atoms. The van der Waals surface area contributed by atoms with Crippen LogP contribution in [-0.4, -0.2) is 38.9 Å². The second-order valence-electron chi connectivity index (χ2n) is 6.41. The van der Waals surface area contributed by atoms with E-state index in [0.29, 0.717) is 30.0 Å². The Hall–Kier alpha value is -2.70. The molecule has 1 aromatic heterocycles. The van der Waals surface area contributed by atoms with E-state index in [0.717, 1.165) is 12.8 Å². The standard InChI is InChI=1S/C17H19N5O2/c23-15-8-7-13(16(20-15)11-5-6-11)19-17(24)12-3-1-2-4-14(12)22-10-9-18-21-22/h1-4,9-11,13,16H,5-8H2,(H,19,24)(H,20,23)/t13-,16+/m1/s1. The number of carbonyl (C=O) groups is 2. The highest BCUT2D eigenvalue weighted by molar-refractivity contribution is 5.98. The molecule has 0 bridgehead atoms. The molecule has 0 radical (unpaired) electrons. The van der Waals surface area contributed by atoms with E-state index in [1.165, 1.54) is 0 Å². The highest BCUT2D eigenvalue weighted by atomic mass is 16.2. The molecule has 2 aliphatic rings. The number of piperidine rings is 1. The number of para-hydroxylation sites is 1. The Bertz CT molecular complexity index is 754. The Balaban J connectivity index is 1.55. The molecule has 1 aromatic carbocycles. The van der Waals surface area contributed by atoms with E-state index < -0.39 is 0 Å². The van der Waals surface area contributed by atoms with Gasteiger partial charge in [-0.1, -0.05) is 17.3 Å². The van der Waals surface area contributed by atoms with Crippen LogP contribution in [0.1, 0.15) is 36.0 Å². The third-order valence-electron chi connectivity index (χ3n) is 4.71. The number of benzene rings is 1. The maximum absolute atomic E-state index is 12.8. The van der Waals surface area contributed by atoms with Gasteiger partial charge in [0.15, 0.2) is 0 Å². The number of rotatable bonds is 4. The summed E-state index contributed by atoms with van der Waals surface area (Å²) in [5.41, 5.74) is 1.24. The fourth-order valence-electron chi connectivity index (χ4n) is 3.34. The molecule has 7 nitrogen and oxygen atoms in total. The smallest absolute Gasteiger partial charge is 0.253 e. The van der Waals surface area contributed by atoms with Crippen LogP contribution in [0.3, 0.4) is 0 Å². The molecular formula is C17H19N5O2. The molecule has 1 saturated carbocycles. The predicted octanol–water partition coefficient (Wildman–Crippen LogP) is 1.05. The molecule has 2 heterocycles. The van der Waals surface area contributed by atoms with Gasteiger partial charge in [0.1, 0.15) is 0 Å². The number of hydrogen-bond acceptors (Lipinski definition) is 4. The van der Waals surface area contributed by atoms with E-state index in [-0.39, 0.29) is 23.9 Å². The van der Waals surface area contributed by atoms with Crippen molar-refractivity contribution in [2.45, 2.75) is 37.8 Å². The van der Waals surface area contributed by atoms with Crippen LogP contribution in [0.25, 0.3) is 5.69 Å². The quantitative estimate of drug-likeness (QED) is 0.879. The molecule has 2 amide bonds. The summed E-state index contributed by atoms with van der Waals surface area (Å²) in [7, 11) is 0. The molecule has 2 fully saturated rings. The first-order valence-electron chi connectivity index (χ1n) is 8.28. The van der Waals surface area contributed by atoms with Gasteiger partial charge in [0.05, 0.1) is 35.7 Å². The molecule has 0 spiro atoms. The number of hydrogen-bond donors (Lipinski definition) is 2. The van der Waals surface area contributed by atoms with Gasteiger partial charge in [0, 0.05) is 6.42 Å². The van der Waals surface area contributed by atoms with E-state index >= 15 is 0 Å². The predicted molar refractivity (Wildman–Crippen MR) is 86.5 cm³/mol. The molecule has 1 saturated heterocycles. The third-order valence-corrected chi connectivity index (χ3v) is 4.71. The average Bonchev–Trinajstić information content (AvgIpc) is 3.30. The lowest BCUT2D eigenvalue weighted by Gasteiger charge is -2.33. The normalized spacial score (nSPS) is 23.6. The molecule has 2 atom stereocenters. The van der Waals surface area contributed by atoms with Gasteiger partial charge < -0.3 is 10.6 Å². The largest absolute Gasteiger partial charge is 0.351 e. The van der Waals surface area contributed by atoms with Crippen molar-refractivity contribution in [2.75, 3.05) is 0 Å². The molecule has 7 heteroatoms. The van der Waals surface area contributed by atoms with Crippen molar-refractivity contribution >= 4 is 11.8 Å². The molecular weight excluding hydrogens is 306 g/mol. The minimum Gasteiger partial charge on any atom is -0.351 e. The highest BCUT2D eigenvalue weighted by Gasteiger charge is 2.40. The summed E-state index contributed by atoms with van der Waals surface area (Å²) < 4.78 is 1.58. The number of carbonyl (C=O) groups excluding carboxylic acids is 2. The van der Waals surface area contributed by atoms with Gasteiger partial charge in [-0.3, -0.25) is 9.59 Å². The van der Waals surface area contributed by atoms with Gasteiger partial charge in [-0.05, 0) is 37.3 Å². The third kappa shape index (κ3) is 2.89. The summed E-state index contributed by atoms with van der Waals surface area (Å²) in [5.74, 6) is 0.429. The van der Waals surface area contributed by atoms with Crippen molar-refractivity contribution in [1.29, 1.82) is 0 Å². The van der Waals surface area contributed by atoms with Gasteiger partial charge in [-0.25, -0.2) is 4.68 Å². The van der Waals surface area contributed by atoms with Crippen molar-refractivity contribution in [3.8, 4) is 5.69 Å². The first-order chi connectivity index (χ1) is 11.7. The van der Waals surface area contributed by atoms with Gasteiger partial charge in [0.2, 0.25) is 5.91 Å². The van der Waals surface area contributed by atoms with Crippen LogP contribution >= 0.6 is 0 Å². The number of nitrogens with zero attached hydrogens (tertiary/aromatic N) is 3. The first-order valence-corrected chi connectivity index (χ1v) is 8.28. The Morgan fingerprint density at radius 2 is 2.08 bits per heavy atom. The molecule has 2 aromatic rings. The lowest BCUT2D eigenvalue weighted by Crippen LogP contribution is -2.56. The minimum atomic E-state index is -0.145. The van der Waals surface area contributed by atoms with E-state index in [2.05, 4.69) is 20.9 Å². The van der Waals surface area contributed by atoms with Crippen molar-refractivity contribution in [1.82, 2.24) is 25.6 Å². The lowest BCUT2D eigenvalue weighted by molar-refractivity contribution is -0.124. The zero-order valence-electron chi connectivity index (χ0n) is 13.2. The van der Waals surface area contributed by atoms with Crippen molar-refractivity contribution in [2.24, 2.45) is 5.92 Å². The van der Waals surface area contributed by atoms with Crippen molar-refractivity contribution in [3.63, 3.8) is 0 Å². The molecule has 124 valence electrons. The maximum Gasteiger partial charge on any atom is 0.253 e. The fraction of sp³-hybridized carbons (Fsp3) is 0.412. The van der Waals surface area contributed by atoms with E-state index in [4.69, 9.17) is 0 Å². The molecule has 4 rings (SSSR count). The lowest BCUT2D eigenvalue weighted by atomic mass is 9.94. The van der Waals surface area contributed by atoms with E-state index in [1.807, 2.05) is 18.2 Å². The van der Waals surface area contributed by atoms with Crippen LogP contribution in [0.15, 0.2) is 36.7 Å². The summed E-state index contributed by atoms with van der Waals surface area (Å²) in [6.45, 7) is 0. The molecule has 2 N–H and O–H groups in total. The van der Waals surface area contributed by atoms with Gasteiger partial charge in [-0.2, -0.15) is 0 Å². The van der Waals surface area contributed by atoms with Crippen LogP contribution in [0.2, 0.25) is 0 Å². The van der Waals surface area contributed by atoms with Crippen LogP contribution in [0, 0.1) is 5.92 Å². The summed E-state index contributed by atoms with van der Waals surface area (Å²) in [4.78, 5) is 24.5. The van der Waals surface area contributed by atoms with Crippen LogP contribution in [0.5, 0.6) is 0 Å². The number of nitrogens with one attached hydrogen (secondary N) is 2. The summed E-state index contributed by atoms with van der Waals surface area (Å²) in [5, 5.41) is 13.9. The zero-order chi connectivity index (χ0) is 16.5. The van der Waals surface area contributed by atoms with E-state index in [1.54, 1.807) is 23.1 Å². The topological polar surface area (TPSA) is 88.9 Å². The number of amides is 2. The molecule has 1 aliphatic heterocycles. The fourth-order valence-corrected chi connectivity index (χ4v) is 3.34. The minimum absolute atomic E-state index is 0.0218. The summed E-state index contributed by atoms with van der Waals surface area (Å²) >= 11 is 0. The van der Waals surface area contributed by atoms with Crippen LogP contribution in [-0.2, 0) is 4.79 Å². The highest BCUT2D eigenvalue weighted by Crippen LogP contribution is 2.36. The summed E-state index contributed by atoms with van der Waals surface area (Å²) in [6, 6.07) is 7.34. The Labute approximate surface area is 139 Å². The average molecular weight is 325 g/mol. The Kier molecular flexibility index (Phi) is 3.76. The first kappa shape index (κ1) is 14.9. The van der Waals surface area contributed by atoms with Gasteiger partial charge in [0.25, 0.3) is 5.91 Å².